The van der Waals surface area contributed by atoms with Crippen LogP contribution in [0.15, 0.2) is 58.7 Å². The fraction of sp³-hybridized carbons (Fsp3) is 0.111. The lowest BCUT2D eigenvalue weighted by molar-refractivity contribution is 0.0529. The van der Waals surface area contributed by atoms with Crippen molar-refractivity contribution in [1.82, 2.24) is 0 Å². The second-order valence-electron chi connectivity index (χ2n) is 4.91. The topological polar surface area (TPSA) is 68.5 Å². The van der Waals surface area contributed by atoms with Gasteiger partial charge in [-0.3, -0.25) is 4.79 Å². The Kier molecular flexibility index (Phi) is 4.77. The van der Waals surface area contributed by atoms with Crippen LogP contribution in [-0.4, -0.2) is 18.5 Å². The molecular weight excluding hydrogens is 326 g/mol. The van der Waals surface area contributed by atoms with Gasteiger partial charge in [-0.1, -0.05) is 30.3 Å². The Balaban J connectivity index is 1.98. The van der Waals surface area contributed by atoms with E-state index in [1.54, 1.807) is 13.0 Å². The van der Waals surface area contributed by atoms with Crippen molar-refractivity contribution < 1.29 is 18.7 Å². The number of thiophene rings is 1. The number of rotatable bonds is 5. The monoisotopic (exact) mass is 341 g/mol. The van der Waals surface area contributed by atoms with Gasteiger partial charge in [-0.05, 0) is 18.6 Å². The first-order valence-electron chi connectivity index (χ1n) is 7.38. The summed E-state index contributed by atoms with van der Waals surface area (Å²) in [5, 5.41) is 5.06. The summed E-state index contributed by atoms with van der Waals surface area (Å²) in [6.45, 7) is 2.01. The Hall–Kier alpha value is -2.86. The molecule has 1 aromatic carbocycles. The van der Waals surface area contributed by atoms with Crippen LogP contribution < -0.4 is 5.32 Å². The molecule has 24 heavy (non-hydrogen) atoms. The number of benzene rings is 1. The summed E-state index contributed by atoms with van der Waals surface area (Å²) in [5.74, 6) is -0.796. The third-order valence-electron chi connectivity index (χ3n) is 3.37. The summed E-state index contributed by atoms with van der Waals surface area (Å²) in [5.41, 5.74) is 2.38. The molecule has 0 unspecified atom stereocenters. The third kappa shape index (κ3) is 3.23. The molecule has 2 aromatic heterocycles. The van der Waals surface area contributed by atoms with Gasteiger partial charge in [-0.2, -0.15) is 0 Å². The van der Waals surface area contributed by atoms with E-state index in [2.05, 4.69) is 5.32 Å². The van der Waals surface area contributed by atoms with Crippen molar-refractivity contribution in [3.8, 4) is 11.1 Å². The molecule has 0 bridgehead atoms. The van der Waals surface area contributed by atoms with Crippen LogP contribution in [0.25, 0.3) is 11.1 Å². The average Bonchev–Trinajstić information content (AvgIpc) is 3.25. The SMILES string of the molecule is CCOC(=O)c1c(-c2ccccc2)csc1NC(=O)c1ccoc1. The van der Waals surface area contributed by atoms with E-state index in [1.165, 1.54) is 23.9 Å². The van der Waals surface area contributed by atoms with E-state index in [9.17, 15) is 9.59 Å². The normalized spacial score (nSPS) is 10.4. The van der Waals surface area contributed by atoms with Gasteiger partial charge in [0, 0.05) is 10.9 Å². The maximum Gasteiger partial charge on any atom is 0.341 e. The fourth-order valence-corrected chi connectivity index (χ4v) is 3.21. The van der Waals surface area contributed by atoms with Gasteiger partial charge in [0.1, 0.15) is 16.8 Å². The Labute approximate surface area is 142 Å². The second-order valence-corrected chi connectivity index (χ2v) is 5.79. The van der Waals surface area contributed by atoms with E-state index < -0.39 is 5.97 Å². The quantitative estimate of drug-likeness (QED) is 0.697. The van der Waals surface area contributed by atoms with Crippen LogP contribution in [0.3, 0.4) is 0 Å². The lowest BCUT2D eigenvalue weighted by Gasteiger charge is -2.08. The molecule has 122 valence electrons. The fourth-order valence-electron chi connectivity index (χ4n) is 2.25. The number of esters is 1. The van der Waals surface area contributed by atoms with Crippen molar-refractivity contribution in [2.45, 2.75) is 6.92 Å². The maximum absolute atomic E-state index is 12.4. The molecule has 1 N–H and O–H groups in total. The van der Waals surface area contributed by atoms with E-state index in [4.69, 9.17) is 9.15 Å². The molecule has 0 aliphatic heterocycles. The Bertz CT molecular complexity index is 837. The molecule has 2 heterocycles. The summed E-state index contributed by atoms with van der Waals surface area (Å²) in [4.78, 5) is 24.6. The molecule has 5 nitrogen and oxygen atoms in total. The molecule has 0 saturated carbocycles. The van der Waals surface area contributed by atoms with Crippen LogP contribution >= 0.6 is 11.3 Å². The van der Waals surface area contributed by atoms with Crippen molar-refractivity contribution >= 4 is 28.2 Å². The number of amides is 1. The zero-order chi connectivity index (χ0) is 16.9. The van der Waals surface area contributed by atoms with Crippen LogP contribution in [-0.2, 0) is 4.74 Å². The molecular formula is C18H15NO4S. The second kappa shape index (κ2) is 7.14. The average molecular weight is 341 g/mol. The number of anilines is 1. The molecule has 0 aliphatic rings. The van der Waals surface area contributed by atoms with E-state index in [0.29, 0.717) is 16.1 Å². The molecule has 0 spiro atoms. The first kappa shape index (κ1) is 16.0. The van der Waals surface area contributed by atoms with Gasteiger partial charge in [0.15, 0.2) is 0 Å². The van der Waals surface area contributed by atoms with Gasteiger partial charge in [-0.15, -0.1) is 11.3 Å². The lowest BCUT2D eigenvalue weighted by atomic mass is 10.0. The number of furan rings is 1. The van der Waals surface area contributed by atoms with Crippen molar-refractivity contribution in [3.63, 3.8) is 0 Å². The number of hydrogen-bond donors (Lipinski definition) is 1. The van der Waals surface area contributed by atoms with Gasteiger partial charge in [0.05, 0.1) is 18.4 Å². The van der Waals surface area contributed by atoms with Crippen LogP contribution in [0, 0.1) is 0 Å². The Morgan fingerprint density at radius 1 is 1.21 bits per heavy atom. The zero-order valence-corrected chi connectivity index (χ0v) is 13.8. The number of carbonyl (C=O) groups is 2. The minimum atomic E-state index is -0.458. The molecule has 3 aromatic rings. The first-order chi connectivity index (χ1) is 11.7. The maximum atomic E-state index is 12.4. The van der Waals surface area contributed by atoms with Gasteiger partial charge in [-0.25, -0.2) is 4.79 Å². The minimum Gasteiger partial charge on any atom is -0.472 e. The summed E-state index contributed by atoms with van der Waals surface area (Å²) in [7, 11) is 0. The predicted octanol–water partition coefficient (Wildman–Crippen LogP) is 4.44. The molecule has 0 radical (unpaired) electrons. The molecule has 0 aliphatic carbocycles. The Morgan fingerprint density at radius 2 is 2.00 bits per heavy atom. The van der Waals surface area contributed by atoms with Gasteiger partial charge >= 0.3 is 5.97 Å². The molecule has 0 saturated heterocycles. The molecule has 0 atom stereocenters. The summed E-state index contributed by atoms with van der Waals surface area (Å²) >= 11 is 1.29. The standard InChI is InChI=1S/C18H15NO4S/c1-2-23-18(21)15-14(12-6-4-3-5-7-12)11-24-17(15)19-16(20)13-8-9-22-10-13/h3-11H,2H2,1H3,(H,19,20). The van der Waals surface area contributed by atoms with Gasteiger partial charge < -0.3 is 14.5 Å². The predicted molar refractivity (Wildman–Crippen MR) is 92.4 cm³/mol. The van der Waals surface area contributed by atoms with E-state index in [-0.39, 0.29) is 12.5 Å². The largest absolute Gasteiger partial charge is 0.472 e. The van der Waals surface area contributed by atoms with Crippen molar-refractivity contribution in [2.75, 3.05) is 11.9 Å². The van der Waals surface area contributed by atoms with Crippen LogP contribution in [0.4, 0.5) is 5.00 Å². The van der Waals surface area contributed by atoms with E-state index in [0.717, 1.165) is 11.1 Å². The third-order valence-corrected chi connectivity index (χ3v) is 4.26. The first-order valence-corrected chi connectivity index (χ1v) is 8.26. The van der Waals surface area contributed by atoms with E-state index in [1.807, 2.05) is 35.7 Å². The van der Waals surface area contributed by atoms with Crippen LogP contribution in [0.2, 0.25) is 0 Å². The van der Waals surface area contributed by atoms with Crippen molar-refractivity contribution in [1.29, 1.82) is 0 Å². The highest BCUT2D eigenvalue weighted by atomic mass is 32.1. The zero-order valence-electron chi connectivity index (χ0n) is 12.9. The summed E-state index contributed by atoms with van der Waals surface area (Å²) in [6.07, 6.45) is 2.77. The highest BCUT2D eigenvalue weighted by Gasteiger charge is 2.23. The molecule has 3 rings (SSSR count). The number of carbonyl (C=O) groups excluding carboxylic acids is 2. The number of nitrogens with one attached hydrogen (secondary N) is 1. The van der Waals surface area contributed by atoms with Crippen LogP contribution in [0.5, 0.6) is 0 Å². The summed E-state index contributed by atoms with van der Waals surface area (Å²) < 4.78 is 10.1. The highest BCUT2D eigenvalue weighted by molar-refractivity contribution is 7.15. The van der Waals surface area contributed by atoms with Gasteiger partial charge in [0.2, 0.25) is 0 Å². The van der Waals surface area contributed by atoms with E-state index >= 15 is 0 Å². The minimum absolute atomic E-state index is 0.262. The molecule has 6 heteroatoms. The van der Waals surface area contributed by atoms with Crippen molar-refractivity contribution in [3.05, 3.63) is 65.4 Å². The molecule has 0 fully saturated rings. The smallest absolute Gasteiger partial charge is 0.341 e. The highest BCUT2D eigenvalue weighted by Crippen LogP contribution is 2.36. The summed E-state index contributed by atoms with van der Waals surface area (Å²) in [6, 6.07) is 11.1. The number of hydrogen-bond acceptors (Lipinski definition) is 5. The Morgan fingerprint density at radius 3 is 2.67 bits per heavy atom. The van der Waals surface area contributed by atoms with Crippen molar-refractivity contribution in [2.24, 2.45) is 0 Å². The lowest BCUT2D eigenvalue weighted by Crippen LogP contribution is -2.14. The number of ether oxygens (including phenoxy) is 1. The molecule has 1 amide bonds. The van der Waals surface area contributed by atoms with Gasteiger partial charge in [0.25, 0.3) is 5.91 Å². The van der Waals surface area contributed by atoms with Crippen LogP contribution in [0.1, 0.15) is 27.6 Å².